The summed E-state index contributed by atoms with van der Waals surface area (Å²) >= 11 is 0. The van der Waals surface area contributed by atoms with E-state index in [9.17, 15) is 0 Å². The Labute approximate surface area is 115 Å². The van der Waals surface area contributed by atoms with Gasteiger partial charge in [0, 0.05) is 17.3 Å². The summed E-state index contributed by atoms with van der Waals surface area (Å²) in [6.07, 6.45) is 9.06. The van der Waals surface area contributed by atoms with Crippen LogP contribution < -0.4 is 5.73 Å². The highest BCUT2D eigenvalue weighted by Gasteiger charge is 2.19. The van der Waals surface area contributed by atoms with Gasteiger partial charge >= 0.3 is 0 Å². The normalized spacial score (nSPS) is 17.1. The van der Waals surface area contributed by atoms with Crippen LogP contribution in [0.15, 0.2) is 30.3 Å². The Morgan fingerprint density at radius 2 is 1.89 bits per heavy atom. The molecule has 2 aromatic rings. The zero-order chi connectivity index (χ0) is 13.1. The highest BCUT2D eigenvalue weighted by molar-refractivity contribution is 5.81. The van der Waals surface area contributed by atoms with E-state index < -0.39 is 0 Å². The van der Waals surface area contributed by atoms with Crippen LogP contribution in [0.2, 0.25) is 0 Å². The molecule has 1 aliphatic carbocycles. The molecule has 0 spiro atoms. The zero-order valence-corrected chi connectivity index (χ0v) is 11.6. The summed E-state index contributed by atoms with van der Waals surface area (Å²) in [5, 5.41) is 1.39. The average molecular weight is 256 g/mol. The third-order valence-corrected chi connectivity index (χ3v) is 4.40. The standard InChI is InChI=1S/C17H24N2/c18-12-6-10-16-13-14-7-4-5-11-17(14)19(16)15-8-2-1-3-9-15/h4-5,7,11,13,15H,1-3,6,8-10,12,18H2. The first-order chi connectivity index (χ1) is 9.40. The molecule has 1 aliphatic rings. The predicted octanol–water partition coefficient (Wildman–Crippen LogP) is 4.04. The molecule has 0 unspecified atom stereocenters. The molecule has 19 heavy (non-hydrogen) atoms. The number of aromatic nitrogens is 1. The van der Waals surface area contributed by atoms with Gasteiger partial charge in [0.2, 0.25) is 0 Å². The largest absolute Gasteiger partial charge is 0.342 e. The van der Waals surface area contributed by atoms with Gasteiger partial charge in [-0.25, -0.2) is 0 Å². The molecule has 1 heterocycles. The minimum Gasteiger partial charge on any atom is -0.342 e. The molecule has 1 fully saturated rings. The number of aryl methyl sites for hydroxylation is 1. The Bertz CT molecular complexity index is 535. The monoisotopic (exact) mass is 256 g/mol. The van der Waals surface area contributed by atoms with E-state index in [0.29, 0.717) is 6.04 Å². The fourth-order valence-electron chi connectivity index (χ4n) is 3.48. The van der Waals surface area contributed by atoms with E-state index in [1.807, 2.05) is 0 Å². The number of nitrogens with two attached hydrogens (primary N) is 1. The molecular weight excluding hydrogens is 232 g/mol. The SMILES string of the molecule is NCCCc1cc2ccccc2n1C1CCCCC1. The van der Waals surface area contributed by atoms with Crippen molar-refractivity contribution in [2.75, 3.05) is 6.54 Å². The highest BCUT2D eigenvalue weighted by atomic mass is 15.0. The molecule has 2 nitrogen and oxygen atoms in total. The Morgan fingerprint density at radius 3 is 2.68 bits per heavy atom. The highest BCUT2D eigenvalue weighted by Crippen LogP contribution is 2.34. The third kappa shape index (κ3) is 2.55. The number of hydrogen-bond acceptors (Lipinski definition) is 1. The van der Waals surface area contributed by atoms with E-state index in [2.05, 4.69) is 34.9 Å². The minimum atomic E-state index is 0.710. The number of benzene rings is 1. The van der Waals surface area contributed by atoms with Gasteiger partial charge < -0.3 is 10.3 Å². The summed E-state index contributed by atoms with van der Waals surface area (Å²) < 4.78 is 2.62. The fourth-order valence-corrected chi connectivity index (χ4v) is 3.48. The van der Waals surface area contributed by atoms with Gasteiger partial charge in [-0.1, -0.05) is 37.5 Å². The van der Waals surface area contributed by atoms with E-state index in [1.54, 1.807) is 0 Å². The Balaban J connectivity index is 2.01. The van der Waals surface area contributed by atoms with Crippen molar-refractivity contribution in [3.8, 4) is 0 Å². The van der Waals surface area contributed by atoms with Crippen LogP contribution in [0, 0.1) is 0 Å². The second kappa shape index (κ2) is 5.79. The molecule has 0 bridgehead atoms. The molecule has 0 saturated heterocycles. The van der Waals surface area contributed by atoms with Crippen molar-refractivity contribution < 1.29 is 0 Å². The van der Waals surface area contributed by atoms with E-state index in [4.69, 9.17) is 5.73 Å². The molecule has 0 amide bonds. The molecule has 2 N–H and O–H groups in total. The van der Waals surface area contributed by atoms with Gasteiger partial charge in [-0.2, -0.15) is 0 Å². The molecule has 0 atom stereocenters. The van der Waals surface area contributed by atoms with E-state index in [0.717, 1.165) is 19.4 Å². The summed E-state index contributed by atoms with van der Waals surface area (Å²) in [5.41, 5.74) is 8.59. The average Bonchev–Trinajstić information content (AvgIpc) is 2.84. The van der Waals surface area contributed by atoms with Gasteiger partial charge in [0.15, 0.2) is 0 Å². The van der Waals surface area contributed by atoms with Crippen molar-refractivity contribution in [3.05, 3.63) is 36.0 Å². The van der Waals surface area contributed by atoms with Crippen molar-refractivity contribution >= 4 is 10.9 Å². The Morgan fingerprint density at radius 1 is 1.11 bits per heavy atom. The number of para-hydroxylation sites is 1. The number of nitrogens with zero attached hydrogens (tertiary/aromatic N) is 1. The minimum absolute atomic E-state index is 0.710. The van der Waals surface area contributed by atoms with Crippen molar-refractivity contribution in [2.45, 2.75) is 51.0 Å². The molecular formula is C17H24N2. The van der Waals surface area contributed by atoms with Gasteiger partial charge in [0.05, 0.1) is 0 Å². The maximum Gasteiger partial charge on any atom is 0.0485 e. The number of fused-ring (bicyclic) bond motifs is 1. The first-order valence-corrected chi connectivity index (χ1v) is 7.69. The van der Waals surface area contributed by atoms with Gasteiger partial charge in [0.25, 0.3) is 0 Å². The van der Waals surface area contributed by atoms with Gasteiger partial charge in [-0.05, 0) is 49.7 Å². The smallest absolute Gasteiger partial charge is 0.0485 e. The molecule has 0 radical (unpaired) electrons. The molecule has 1 aromatic carbocycles. The number of rotatable bonds is 4. The van der Waals surface area contributed by atoms with E-state index >= 15 is 0 Å². The summed E-state index contributed by atoms with van der Waals surface area (Å²) in [7, 11) is 0. The third-order valence-electron chi connectivity index (χ3n) is 4.40. The van der Waals surface area contributed by atoms with Crippen molar-refractivity contribution in [2.24, 2.45) is 5.73 Å². The Kier molecular flexibility index (Phi) is 3.88. The summed E-state index contributed by atoms with van der Waals surface area (Å²) in [4.78, 5) is 0. The van der Waals surface area contributed by atoms with Crippen LogP contribution in [0.5, 0.6) is 0 Å². The topological polar surface area (TPSA) is 30.9 Å². The van der Waals surface area contributed by atoms with Crippen LogP contribution >= 0.6 is 0 Å². The predicted molar refractivity (Wildman–Crippen MR) is 81.4 cm³/mol. The molecule has 1 aromatic heterocycles. The van der Waals surface area contributed by atoms with Gasteiger partial charge in [-0.15, -0.1) is 0 Å². The molecule has 1 saturated carbocycles. The second-order valence-electron chi connectivity index (χ2n) is 5.75. The van der Waals surface area contributed by atoms with Crippen molar-refractivity contribution in [3.63, 3.8) is 0 Å². The van der Waals surface area contributed by atoms with E-state index in [1.165, 1.54) is 48.7 Å². The van der Waals surface area contributed by atoms with Crippen molar-refractivity contribution in [1.29, 1.82) is 0 Å². The summed E-state index contributed by atoms with van der Waals surface area (Å²) in [6, 6.07) is 11.9. The second-order valence-corrected chi connectivity index (χ2v) is 5.75. The van der Waals surface area contributed by atoms with Crippen LogP contribution in [0.4, 0.5) is 0 Å². The van der Waals surface area contributed by atoms with Crippen molar-refractivity contribution in [1.82, 2.24) is 4.57 Å². The lowest BCUT2D eigenvalue weighted by molar-refractivity contribution is 0.354. The number of hydrogen-bond donors (Lipinski definition) is 1. The summed E-state index contributed by atoms with van der Waals surface area (Å²) in [5.74, 6) is 0. The van der Waals surface area contributed by atoms with Crippen LogP contribution in [0.1, 0.15) is 50.3 Å². The van der Waals surface area contributed by atoms with Crippen LogP contribution in [-0.2, 0) is 6.42 Å². The lowest BCUT2D eigenvalue weighted by atomic mass is 9.95. The lowest BCUT2D eigenvalue weighted by Crippen LogP contribution is -2.15. The van der Waals surface area contributed by atoms with Gasteiger partial charge in [-0.3, -0.25) is 0 Å². The molecule has 0 aliphatic heterocycles. The quantitative estimate of drug-likeness (QED) is 0.879. The molecule has 102 valence electrons. The zero-order valence-electron chi connectivity index (χ0n) is 11.6. The molecule has 2 heteroatoms. The van der Waals surface area contributed by atoms with Crippen LogP contribution in [0.25, 0.3) is 10.9 Å². The first kappa shape index (κ1) is 12.7. The van der Waals surface area contributed by atoms with Gasteiger partial charge in [0.1, 0.15) is 0 Å². The first-order valence-electron chi connectivity index (χ1n) is 7.69. The maximum absolute atomic E-state index is 5.69. The van der Waals surface area contributed by atoms with Crippen LogP contribution in [-0.4, -0.2) is 11.1 Å². The fraction of sp³-hybridized carbons (Fsp3) is 0.529. The molecule has 3 rings (SSSR count). The lowest BCUT2D eigenvalue weighted by Gasteiger charge is -2.26. The Hall–Kier alpha value is -1.28. The van der Waals surface area contributed by atoms with E-state index in [-0.39, 0.29) is 0 Å². The summed E-state index contributed by atoms with van der Waals surface area (Å²) in [6.45, 7) is 0.784. The van der Waals surface area contributed by atoms with Crippen LogP contribution in [0.3, 0.4) is 0 Å². The maximum atomic E-state index is 5.69.